The molecule has 1 fully saturated rings. The number of nitrogens with zero attached hydrogens (tertiary/aromatic N) is 1. The van der Waals surface area contributed by atoms with Crippen molar-refractivity contribution >= 4 is 5.91 Å². The average molecular weight is 276 g/mol. The molecule has 0 aromatic heterocycles. The number of hydrogen-bond acceptors (Lipinski definition) is 3. The molecule has 2 N–H and O–H groups in total. The minimum atomic E-state index is -0.518. The van der Waals surface area contributed by atoms with Gasteiger partial charge in [-0.25, -0.2) is 0 Å². The second kappa shape index (κ2) is 6.86. The summed E-state index contributed by atoms with van der Waals surface area (Å²) in [5.74, 6) is 0.452. The largest absolute Gasteiger partial charge is 0.367 e. The Bertz CT molecular complexity index is 435. The van der Waals surface area contributed by atoms with E-state index in [4.69, 9.17) is 10.5 Å². The molecule has 3 unspecified atom stereocenters. The molecule has 4 heteroatoms. The summed E-state index contributed by atoms with van der Waals surface area (Å²) in [6.07, 6.45) is 1.60. The van der Waals surface area contributed by atoms with Crippen molar-refractivity contribution in [1.29, 1.82) is 0 Å². The zero-order valence-corrected chi connectivity index (χ0v) is 12.3. The SMILES string of the molecule is COC(C(=O)N1CC(CN)CCC1C)c1ccccc1. The van der Waals surface area contributed by atoms with E-state index in [0.717, 1.165) is 24.9 Å². The van der Waals surface area contributed by atoms with Crippen molar-refractivity contribution in [3.05, 3.63) is 35.9 Å². The molecule has 1 heterocycles. The summed E-state index contributed by atoms with van der Waals surface area (Å²) in [5, 5.41) is 0. The van der Waals surface area contributed by atoms with Crippen LogP contribution in [-0.4, -0.2) is 37.0 Å². The van der Waals surface area contributed by atoms with Crippen molar-refractivity contribution in [1.82, 2.24) is 4.90 Å². The highest BCUT2D eigenvalue weighted by Gasteiger charge is 2.33. The van der Waals surface area contributed by atoms with E-state index in [2.05, 4.69) is 6.92 Å². The number of carbonyl (C=O) groups excluding carboxylic acids is 1. The van der Waals surface area contributed by atoms with Crippen LogP contribution >= 0.6 is 0 Å². The molecule has 1 aromatic rings. The lowest BCUT2D eigenvalue weighted by Crippen LogP contribution is -2.49. The predicted molar refractivity (Wildman–Crippen MR) is 79.1 cm³/mol. The quantitative estimate of drug-likeness (QED) is 0.914. The van der Waals surface area contributed by atoms with E-state index < -0.39 is 6.10 Å². The molecule has 3 atom stereocenters. The lowest BCUT2D eigenvalue weighted by Gasteiger charge is -2.39. The Morgan fingerprint density at radius 2 is 2.10 bits per heavy atom. The summed E-state index contributed by atoms with van der Waals surface area (Å²) < 4.78 is 5.45. The van der Waals surface area contributed by atoms with E-state index in [-0.39, 0.29) is 11.9 Å². The van der Waals surface area contributed by atoms with Gasteiger partial charge in [0.25, 0.3) is 5.91 Å². The molecule has 0 saturated carbocycles. The van der Waals surface area contributed by atoms with Crippen LogP contribution in [0, 0.1) is 5.92 Å². The van der Waals surface area contributed by atoms with Gasteiger partial charge in [0.15, 0.2) is 6.10 Å². The molecule has 1 aliphatic rings. The molecular formula is C16H24N2O2. The fourth-order valence-corrected chi connectivity index (χ4v) is 2.84. The maximum atomic E-state index is 12.8. The van der Waals surface area contributed by atoms with Gasteiger partial charge in [0.2, 0.25) is 0 Å². The van der Waals surface area contributed by atoms with E-state index in [1.165, 1.54) is 0 Å². The van der Waals surface area contributed by atoms with Gasteiger partial charge in [0.05, 0.1) is 0 Å². The third-order valence-corrected chi connectivity index (χ3v) is 4.16. The normalized spacial score (nSPS) is 24.4. The maximum Gasteiger partial charge on any atom is 0.256 e. The van der Waals surface area contributed by atoms with Gasteiger partial charge in [-0.1, -0.05) is 30.3 Å². The fourth-order valence-electron chi connectivity index (χ4n) is 2.84. The van der Waals surface area contributed by atoms with Crippen LogP contribution in [0.5, 0.6) is 0 Å². The molecule has 0 bridgehead atoms. The third-order valence-electron chi connectivity index (χ3n) is 4.16. The van der Waals surface area contributed by atoms with Crippen LogP contribution in [0.15, 0.2) is 30.3 Å². The summed E-state index contributed by atoms with van der Waals surface area (Å²) in [7, 11) is 1.59. The van der Waals surface area contributed by atoms with Crippen LogP contribution < -0.4 is 5.73 Å². The minimum Gasteiger partial charge on any atom is -0.367 e. The van der Waals surface area contributed by atoms with Crippen molar-refractivity contribution in [2.24, 2.45) is 11.7 Å². The summed E-state index contributed by atoms with van der Waals surface area (Å²) in [4.78, 5) is 14.7. The molecule has 0 radical (unpaired) electrons. The molecule has 20 heavy (non-hydrogen) atoms. The van der Waals surface area contributed by atoms with E-state index in [9.17, 15) is 4.79 Å². The Morgan fingerprint density at radius 1 is 1.40 bits per heavy atom. The van der Waals surface area contributed by atoms with Crippen LogP contribution in [-0.2, 0) is 9.53 Å². The zero-order valence-electron chi connectivity index (χ0n) is 12.3. The van der Waals surface area contributed by atoms with E-state index in [1.807, 2.05) is 35.2 Å². The average Bonchev–Trinajstić information content (AvgIpc) is 2.49. The number of likely N-dealkylation sites (tertiary alicyclic amines) is 1. The molecule has 1 aliphatic heterocycles. The van der Waals surface area contributed by atoms with Crippen molar-refractivity contribution in [3.63, 3.8) is 0 Å². The highest BCUT2D eigenvalue weighted by Crippen LogP contribution is 2.26. The number of nitrogens with two attached hydrogens (primary N) is 1. The van der Waals surface area contributed by atoms with Crippen molar-refractivity contribution < 1.29 is 9.53 Å². The molecule has 0 aliphatic carbocycles. The number of carbonyl (C=O) groups is 1. The maximum absolute atomic E-state index is 12.8. The van der Waals surface area contributed by atoms with Crippen molar-refractivity contribution in [2.45, 2.75) is 31.9 Å². The topological polar surface area (TPSA) is 55.6 Å². The van der Waals surface area contributed by atoms with E-state index >= 15 is 0 Å². The number of methoxy groups -OCH3 is 1. The number of benzene rings is 1. The Hall–Kier alpha value is -1.39. The molecule has 4 nitrogen and oxygen atoms in total. The number of piperidine rings is 1. The highest BCUT2D eigenvalue weighted by molar-refractivity contribution is 5.82. The Kier molecular flexibility index (Phi) is 5.15. The summed E-state index contributed by atoms with van der Waals surface area (Å²) in [6, 6.07) is 9.91. The first-order chi connectivity index (χ1) is 9.67. The fraction of sp³-hybridized carbons (Fsp3) is 0.562. The standard InChI is InChI=1S/C16H24N2O2/c1-12-8-9-13(10-17)11-18(12)16(19)15(20-2)14-6-4-3-5-7-14/h3-7,12-13,15H,8-11,17H2,1-2H3. The second-order valence-electron chi connectivity index (χ2n) is 5.55. The summed E-state index contributed by atoms with van der Waals surface area (Å²) in [5.41, 5.74) is 6.67. The first-order valence-corrected chi connectivity index (χ1v) is 7.25. The number of amides is 1. The van der Waals surface area contributed by atoms with Crippen LogP contribution in [0.4, 0.5) is 0 Å². The van der Waals surface area contributed by atoms with Gasteiger partial charge in [-0.05, 0) is 37.8 Å². The predicted octanol–water partition coefficient (Wildman–Crippen LogP) is 1.96. The van der Waals surface area contributed by atoms with Crippen LogP contribution in [0.1, 0.15) is 31.4 Å². The molecule has 0 spiro atoms. The molecular weight excluding hydrogens is 252 g/mol. The van der Waals surface area contributed by atoms with Gasteiger partial charge in [-0.3, -0.25) is 4.79 Å². The summed E-state index contributed by atoms with van der Waals surface area (Å²) >= 11 is 0. The Balaban J connectivity index is 2.15. The molecule has 1 amide bonds. The summed E-state index contributed by atoms with van der Waals surface area (Å²) in [6.45, 7) is 3.48. The molecule has 1 aromatic carbocycles. The van der Waals surface area contributed by atoms with Gasteiger partial charge in [-0.15, -0.1) is 0 Å². The number of rotatable bonds is 4. The van der Waals surface area contributed by atoms with Crippen LogP contribution in [0.25, 0.3) is 0 Å². The second-order valence-corrected chi connectivity index (χ2v) is 5.55. The monoisotopic (exact) mass is 276 g/mol. The van der Waals surface area contributed by atoms with Crippen LogP contribution in [0.2, 0.25) is 0 Å². The van der Waals surface area contributed by atoms with Crippen molar-refractivity contribution in [2.75, 3.05) is 20.2 Å². The molecule has 1 saturated heterocycles. The molecule has 2 rings (SSSR count). The first kappa shape index (κ1) is 15.0. The van der Waals surface area contributed by atoms with Gasteiger partial charge >= 0.3 is 0 Å². The Morgan fingerprint density at radius 3 is 2.70 bits per heavy atom. The smallest absolute Gasteiger partial charge is 0.256 e. The number of ether oxygens (including phenoxy) is 1. The zero-order chi connectivity index (χ0) is 14.5. The van der Waals surface area contributed by atoms with Gasteiger partial charge < -0.3 is 15.4 Å². The van der Waals surface area contributed by atoms with Gasteiger partial charge in [0, 0.05) is 19.7 Å². The lowest BCUT2D eigenvalue weighted by atomic mass is 9.92. The minimum absolute atomic E-state index is 0.0457. The first-order valence-electron chi connectivity index (χ1n) is 7.25. The molecule has 110 valence electrons. The Labute approximate surface area is 120 Å². The van der Waals surface area contributed by atoms with Crippen molar-refractivity contribution in [3.8, 4) is 0 Å². The van der Waals surface area contributed by atoms with Crippen LogP contribution in [0.3, 0.4) is 0 Å². The van der Waals surface area contributed by atoms with E-state index in [1.54, 1.807) is 7.11 Å². The van der Waals surface area contributed by atoms with E-state index in [0.29, 0.717) is 12.5 Å². The number of hydrogen-bond donors (Lipinski definition) is 1. The highest BCUT2D eigenvalue weighted by atomic mass is 16.5. The van der Waals surface area contributed by atoms with Gasteiger partial charge in [0.1, 0.15) is 0 Å². The van der Waals surface area contributed by atoms with Gasteiger partial charge in [-0.2, -0.15) is 0 Å². The lowest BCUT2D eigenvalue weighted by molar-refractivity contribution is -0.146. The third kappa shape index (κ3) is 3.19.